The number of nitrogens with one attached hydrogen (secondary N) is 2. The number of ether oxygens (including phenoxy) is 1. The van der Waals surface area contributed by atoms with Gasteiger partial charge in [0.25, 0.3) is 5.91 Å². The van der Waals surface area contributed by atoms with E-state index in [1.165, 1.54) is 0 Å². The summed E-state index contributed by atoms with van der Waals surface area (Å²) >= 11 is 0. The van der Waals surface area contributed by atoms with Gasteiger partial charge in [-0.2, -0.15) is 0 Å². The lowest BCUT2D eigenvalue weighted by Gasteiger charge is -2.16. The normalized spacial score (nSPS) is 11.5. The quantitative estimate of drug-likeness (QED) is 0.326. The van der Waals surface area contributed by atoms with Crippen molar-refractivity contribution in [2.75, 3.05) is 5.32 Å². The molecule has 0 saturated carbocycles. The molecule has 36 heavy (non-hydrogen) atoms. The summed E-state index contributed by atoms with van der Waals surface area (Å²) < 4.78 is 11.0. The highest BCUT2D eigenvalue weighted by molar-refractivity contribution is 6.04. The molecule has 0 aliphatic carbocycles. The topological polar surface area (TPSA) is 93.5 Å². The average molecular weight is 484 g/mol. The van der Waals surface area contributed by atoms with Crippen molar-refractivity contribution in [3.63, 3.8) is 0 Å². The Morgan fingerprint density at radius 3 is 2.33 bits per heavy atom. The Labute approximate surface area is 210 Å². The van der Waals surface area contributed by atoms with E-state index >= 15 is 0 Å². The van der Waals surface area contributed by atoms with Gasteiger partial charge in [0.15, 0.2) is 0 Å². The van der Waals surface area contributed by atoms with Gasteiger partial charge in [0.2, 0.25) is 5.91 Å². The molecule has 0 aliphatic rings. The number of amides is 2. The number of anilines is 1. The van der Waals surface area contributed by atoms with E-state index in [2.05, 4.69) is 15.8 Å². The van der Waals surface area contributed by atoms with Gasteiger partial charge >= 0.3 is 0 Å². The maximum absolute atomic E-state index is 12.9. The van der Waals surface area contributed by atoms with Crippen molar-refractivity contribution in [3.05, 3.63) is 113 Å². The molecule has 7 nitrogen and oxygen atoms in total. The van der Waals surface area contributed by atoms with Gasteiger partial charge in [-0.3, -0.25) is 9.59 Å². The number of carbonyl (C=O) groups is 2. The van der Waals surface area contributed by atoms with E-state index in [9.17, 15) is 9.59 Å². The monoisotopic (exact) mass is 483 g/mol. The Balaban J connectivity index is 1.34. The summed E-state index contributed by atoms with van der Waals surface area (Å²) in [6.45, 7) is 6.02. The van der Waals surface area contributed by atoms with Crippen LogP contribution in [0, 0.1) is 13.8 Å². The molecule has 0 aliphatic heterocycles. The minimum Gasteiger partial charge on any atom is -0.489 e. The molecule has 1 atom stereocenters. The fourth-order valence-corrected chi connectivity index (χ4v) is 3.84. The lowest BCUT2D eigenvalue weighted by Crippen LogP contribution is -2.28. The number of aromatic nitrogens is 1. The number of aryl methyl sites for hydroxylation is 2. The maximum Gasteiger partial charge on any atom is 0.253 e. The van der Waals surface area contributed by atoms with Crippen LogP contribution in [0.2, 0.25) is 0 Å². The van der Waals surface area contributed by atoms with Crippen LogP contribution >= 0.6 is 0 Å². The molecule has 1 unspecified atom stereocenters. The molecule has 0 saturated heterocycles. The largest absolute Gasteiger partial charge is 0.489 e. The van der Waals surface area contributed by atoms with Crippen molar-refractivity contribution in [1.82, 2.24) is 10.5 Å². The average Bonchev–Trinajstić information content (AvgIpc) is 3.21. The van der Waals surface area contributed by atoms with Crippen molar-refractivity contribution in [3.8, 4) is 5.75 Å². The SMILES string of the molecule is Cc1noc(C)c1COc1ccc(CC(=O)Nc2ccccc2C(=O)NC(C)c2ccccc2)cc1. The van der Waals surface area contributed by atoms with Crippen LogP contribution in [0.15, 0.2) is 83.4 Å². The van der Waals surface area contributed by atoms with Crippen LogP contribution in [0.3, 0.4) is 0 Å². The van der Waals surface area contributed by atoms with Gasteiger partial charge in [0, 0.05) is 0 Å². The predicted octanol–water partition coefficient (Wildman–Crippen LogP) is 5.54. The molecule has 0 bridgehead atoms. The number of carbonyl (C=O) groups excluding carboxylic acids is 2. The Morgan fingerprint density at radius 2 is 1.64 bits per heavy atom. The van der Waals surface area contributed by atoms with E-state index in [1.54, 1.807) is 24.3 Å². The second-order valence-corrected chi connectivity index (χ2v) is 8.61. The summed E-state index contributed by atoms with van der Waals surface area (Å²) in [5.41, 5.74) is 4.46. The number of rotatable bonds is 9. The van der Waals surface area contributed by atoms with Gasteiger partial charge < -0.3 is 19.9 Å². The van der Waals surface area contributed by atoms with Gasteiger partial charge in [0.1, 0.15) is 18.1 Å². The van der Waals surface area contributed by atoms with Gasteiger partial charge in [-0.1, -0.05) is 59.8 Å². The van der Waals surface area contributed by atoms with Crippen LogP contribution < -0.4 is 15.4 Å². The zero-order chi connectivity index (χ0) is 25.5. The fraction of sp³-hybridized carbons (Fsp3) is 0.207. The third-order valence-corrected chi connectivity index (χ3v) is 5.95. The Kier molecular flexibility index (Phi) is 7.80. The molecule has 2 N–H and O–H groups in total. The predicted molar refractivity (Wildman–Crippen MR) is 138 cm³/mol. The minimum absolute atomic E-state index is 0.166. The Morgan fingerprint density at radius 1 is 0.944 bits per heavy atom. The van der Waals surface area contributed by atoms with E-state index in [1.807, 2.05) is 75.4 Å². The third-order valence-electron chi connectivity index (χ3n) is 5.95. The molecular weight excluding hydrogens is 454 g/mol. The molecule has 184 valence electrons. The highest BCUT2D eigenvalue weighted by Crippen LogP contribution is 2.20. The van der Waals surface area contributed by atoms with Crippen molar-refractivity contribution in [1.29, 1.82) is 0 Å². The number of para-hydroxylation sites is 1. The van der Waals surface area contributed by atoms with Crippen LogP contribution in [-0.4, -0.2) is 17.0 Å². The second kappa shape index (κ2) is 11.4. The van der Waals surface area contributed by atoms with Crippen molar-refractivity contribution in [2.45, 2.75) is 39.8 Å². The molecule has 1 heterocycles. The molecule has 7 heteroatoms. The first-order valence-corrected chi connectivity index (χ1v) is 11.8. The molecule has 0 fully saturated rings. The van der Waals surface area contributed by atoms with E-state index in [0.717, 1.165) is 28.1 Å². The highest BCUT2D eigenvalue weighted by atomic mass is 16.5. The zero-order valence-corrected chi connectivity index (χ0v) is 20.6. The lowest BCUT2D eigenvalue weighted by atomic mass is 10.1. The smallest absolute Gasteiger partial charge is 0.253 e. The Bertz CT molecular complexity index is 1310. The minimum atomic E-state index is -0.248. The van der Waals surface area contributed by atoms with Gasteiger partial charge in [0.05, 0.1) is 35.0 Å². The summed E-state index contributed by atoms with van der Waals surface area (Å²) in [6.07, 6.45) is 0.167. The van der Waals surface area contributed by atoms with Crippen LogP contribution in [-0.2, 0) is 17.8 Å². The van der Waals surface area contributed by atoms with Crippen LogP contribution in [0.5, 0.6) is 5.75 Å². The zero-order valence-electron chi connectivity index (χ0n) is 20.6. The van der Waals surface area contributed by atoms with E-state index < -0.39 is 0 Å². The van der Waals surface area contributed by atoms with Crippen LogP contribution in [0.4, 0.5) is 5.69 Å². The van der Waals surface area contributed by atoms with Crippen LogP contribution in [0.1, 0.15) is 51.5 Å². The fourth-order valence-electron chi connectivity index (χ4n) is 3.84. The van der Waals surface area contributed by atoms with Crippen molar-refractivity contribution in [2.24, 2.45) is 0 Å². The molecule has 4 rings (SSSR count). The summed E-state index contributed by atoms with van der Waals surface area (Å²) in [5, 5.41) is 9.80. The van der Waals surface area contributed by atoms with Crippen molar-refractivity contribution < 1.29 is 18.8 Å². The summed E-state index contributed by atoms with van der Waals surface area (Å²) in [4.78, 5) is 25.7. The van der Waals surface area contributed by atoms with Gasteiger partial charge in [-0.15, -0.1) is 0 Å². The summed E-state index contributed by atoms with van der Waals surface area (Å²) in [5.74, 6) is 0.968. The summed E-state index contributed by atoms with van der Waals surface area (Å²) in [6, 6.07) is 23.9. The van der Waals surface area contributed by atoms with E-state index in [-0.39, 0.29) is 24.3 Å². The maximum atomic E-state index is 12.9. The standard InChI is InChI=1S/C29H29N3O4/c1-19(23-9-5-4-6-10-23)30-29(34)25-11-7-8-12-27(25)31-28(33)17-22-13-15-24(16-14-22)35-18-26-20(2)32-36-21(26)3/h4-16,19H,17-18H2,1-3H3,(H,30,34)(H,31,33). The highest BCUT2D eigenvalue weighted by Gasteiger charge is 2.16. The number of benzene rings is 3. The molecule has 0 radical (unpaired) electrons. The van der Waals surface area contributed by atoms with E-state index in [0.29, 0.717) is 23.6 Å². The third kappa shape index (κ3) is 6.18. The Hall–Kier alpha value is -4.39. The molecule has 3 aromatic carbocycles. The number of hydrogen-bond acceptors (Lipinski definition) is 5. The molecule has 2 amide bonds. The second-order valence-electron chi connectivity index (χ2n) is 8.61. The van der Waals surface area contributed by atoms with Crippen molar-refractivity contribution >= 4 is 17.5 Å². The lowest BCUT2D eigenvalue weighted by molar-refractivity contribution is -0.115. The van der Waals surface area contributed by atoms with Gasteiger partial charge in [-0.05, 0) is 56.2 Å². The first kappa shape index (κ1) is 24.7. The van der Waals surface area contributed by atoms with E-state index in [4.69, 9.17) is 9.26 Å². The summed E-state index contributed by atoms with van der Waals surface area (Å²) in [7, 11) is 0. The molecule has 0 spiro atoms. The molecular formula is C29H29N3O4. The molecule has 1 aromatic heterocycles. The first-order valence-electron chi connectivity index (χ1n) is 11.8. The first-order chi connectivity index (χ1) is 17.4. The number of nitrogens with zero attached hydrogens (tertiary/aromatic N) is 1. The number of hydrogen-bond donors (Lipinski definition) is 2. The van der Waals surface area contributed by atoms with Crippen LogP contribution in [0.25, 0.3) is 0 Å². The van der Waals surface area contributed by atoms with Gasteiger partial charge in [-0.25, -0.2) is 0 Å². The molecule has 4 aromatic rings.